The maximum atomic E-state index is 12.9. The number of ether oxygens (including phenoxy) is 1. The highest BCUT2D eigenvalue weighted by Crippen LogP contribution is 2.29. The molecule has 1 fully saturated rings. The monoisotopic (exact) mass is 229 g/mol. The van der Waals surface area contributed by atoms with E-state index in [1.807, 2.05) is 0 Å². The maximum absolute atomic E-state index is 12.9. The molecule has 1 aromatic carbocycles. The molecule has 0 spiro atoms. The molecule has 0 bridgehead atoms. The van der Waals surface area contributed by atoms with Crippen LogP contribution < -0.4 is 5.73 Å². The summed E-state index contributed by atoms with van der Waals surface area (Å²) in [6, 6.07) is 4.83. The van der Waals surface area contributed by atoms with E-state index in [4.69, 9.17) is 22.1 Å². The van der Waals surface area contributed by atoms with Crippen LogP contribution in [0.1, 0.15) is 24.5 Å². The van der Waals surface area contributed by atoms with E-state index in [-0.39, 0.29) is 17.2 Å². The van der Waals surface area contributed by atoms with Crippen LogP contribution in [0.2, 0.25) is 5.02 Å². The first-order chi connectivity index (χ1) is 7.16. The van der Waals surface area contributed by atoms with Crippen molar-refractivity contribution in [1.82, 2.24) is 0 Å². The zero-order chi connectivity index (χ0) is 10.8. The minimum absolute atomic E-state index is 0.0492. The number of rotatable bonds is 1. The van der Waals surface area contributed by atoms with Gasteiger partial charge in [0.2, 0.25) is 0 Å². The minimum Gasteiger partial charge on any atom is -0.373 e. The molecule has 0 aromatic heterocycles. The van der Waals surface area contributed by atoms with E-state index in [0.29, 0.717) is 6.61 Å². The number of hydrogen-bond donors (Lipinski definition) is 1. The first-order valence-corrected chi connectivity index (χ1v) is 5.37. The number of halogens is 2. The Labute approximate surface area is 93.2 Å². The summed E-state index contributed by atoms with van der Waals surface area (Å²) in [5.74, 6) is -0.402. The van der Waals surface area contributed by atoms with Crippen molar-refractivity contribution in [2.45, 2.75) is 25.0 Å². The standard InChI is InChI=1S/C11H13ClFNO/c12-9-5-7(1-2-10(9)13)11-6-8(14)3-4-15-11/h1-2,5,8,11H,3-4,6,14H2. The molecule has 0 radical (unpaired) electrons. The predicted molar refractivity (Wildman–Crippen MR) is 57.3 cm³/mol. The normalized spacial score (nSPS) is 26.6. The molecular formula is C11H13ClFNO. The van der Waals surface area contributed by atoms with E-state index in [9.17, 15) is 4.39 Å². The summed E-state index contributed by atoms with van der Waals surface area (Å²) in [6.45, 7) is 0.654. The highest BCUT2D eigenvalue weighted by Gasteiger charge is 2.21. The van der Waals surface area contributed by atoms with E-state index in [1.165, 1.54) is 6.07 Å². The lowest BCUT2D eigenvalue weighted by Gasteiger charge is -2.27. The molecule has 0 saturated carbocycles. The van der Waals surface area contributed by atoms with Crippen LogP contribution in [0, 0.1) is 5.82 Å². The Morgan fingerprint density at radius 1 is 1.47 bits per heavy atom. The Morgan fingerprint density at radius 3 is 2.93 bits per heavy atom. The smallest absolute Gasteiger partial charge is 0.141 e. The molecule has 1 aromatic rings. The third-order valence-corrected chi connectivity index (χ3v) is 2.93. The number of hydrogen-bond acceptors (Lipinski definition) is 2. The third kappa shape index (κ3) is 2.48. The Morgan fingerprint density at radius 2 is 2.27 bits per heavy atom. The summed E-state index contributed by atoms with van der Waals surface area (Å²) in [6.07, 6.45) is 1.60. The van der Waals surface area contributed by atoms with Crippen molar-refractivity contribution in [3.05, 3.63) is 34.6 Å². The second-order valence-electron chi connectivity index (χ2n) is 3.82. The lowest BCUT2D eigenvalue weighted by molar-refractivity contribution is 0.00665. The molecule has 1 aliphatic rings. The van der Waals surface area contributed by atoms with Crippen LogP contribution in [0.15, 0.2) is 18.2 Å². The first kappa shape index (κ1) is 10.9. The summed E-state index contributed by atoms with van der Waals surface area (Å²) in [7, 11) is 0. The van der Waals surface area contributed by atoms with Crippen molar-refractivity contribution in [3.8, 4) is 0 Å². The van der Waals surface area contributed by atoms with Crippen molar-refractivity contribution < 1.29 is 9.13 Å². The summed E-state index contributed by atoms with van der Waals surface area (Å²) in [4.78, 5) is 0. The van der Waals surface area contributed by atoms with Crippen LogP contribution in [0.5, 0.6) is 0 Å². The molecule has 82 valence electrons. The van der Waals surface area contributed by atoms with Gasteiger partial charge in [0, 0.05) is 12.6 Å². The SMILES string of the molecule is NC1CCOC(c2ccc(F)c(Cl)c2)C1. The average molecular weight is 230 g/mol. The van der Waals surface area contributed by atoms with Crippen molar-refractivity contribution >= 4 is 11.6 Å². The zero-order valence-electron chi connectivity index (χ0n) is 8.25. The maximum Gasteiger partial charge on any atom is 0.141 e. The van der Waals surface area contributed by atoms with Gasteiger partial charge in [-0.2, -0.15) is 0 Å². The van der Waals surface area contributed by atoms with Crippen molar-refractivity contribution in [2.75, 3.05) is 6.61 Å². The van der Waals surface area contributed by atoms with Gasteiger partial charge in [-0.05, 0) is 30.5 Å². The molecule has 0 amide bonds. The molecule has 1 aliphatic heterocycles. The molecule has 2 N–H and O–H groups in total. The molecule has 15 heavy (non-hydrogen) atoms. The zero-order valence-corrected chi connectivity index (χ0v) is 9.01. The van der Waals surface area contributed by atoms with Gasteiger partial charge in [-0.1, -0.05) is 17.7 Å². The van der Waals surface area contributed by atoms with E-state index in [2.05, 4.69) is 0 Å². The van der Waals surface area contributed by atoms with Crippen LogP contribution in [0.3, 0.4) is 0 Å². The average Bonchev–Trinajstić information content (AvgIpc) is 2.22. The first-order valence-electron chi connectivity index (χ1n) is 4.99. The molecule has 2 nitrogen and oxygen atoms in total. The molecule has 1 heterocycles. The molecule has 4 heteroatoms. The van der Waals surface area contributed by atoms with Gasteiger partial charge >= 0.3 is 0 Å². The molecule has 1 saturated heterocycles. The van der Waals surface area contributed by atoms with Gasteiger partial charge in [0.05, 0.1) is 11.1 Å². The van der Waals surface area contributed by atoms with Crippen molar-refractivity contribution in [2.24, 2.45) is 5.73 Å². The van der Waals surface area contributed by atoms with Crippen LogP contribution >= 0.6 is 11.6 Å². The van der Waals surface area contributed by atoms with Gasteiger partial charge in [0.1, 0.15) is 5.82 Å². The van der Waals surface area contributed by atoms with E-state index >= 15 is 0 Å². The number of nitrogens with two attached hydrogens (primary N) is 1. The van der Waals surface area contributed by atoms with Gasteiger partial charge in [-0.3, -0.25) is 0 Å². The van der Waals surface area contributed by atoms with Crippen LogP contribution in [0.4, 0.5) is 4.39 Å². The topological polar surface area (TPSA) is 35.2 Å². The van der Waals surface area contributed by atoms with Gasteiger partial charge in [0.15, 0.2) is 0 Å². The van der Waals surface area contributed by atoms with Crippen molar-refractivity contribution in [1.29, 1.82) is 0 Å². The largest absolute Gasteiger partial charge is 0.373 e. The second kappa shape index (κ2) is 4.47. The van der Waals surface area contributed by atoms with Crippen LogP contribution in [-0.2, 0) is 4.74 Å². The Bertz CT molecular complexity index is 358. The van der Waals surface area contributed by atoms with Gasteiger partial charge < -0.3 is 10.5 Å². The van der Waals surface area contributed by atoms with E-state index < -0.39 is 5.82 Å². The highest BCUT2D eigenvalue weighted by atomic mass is 35.5. The summed E-state index contributed by atoms with van der Waals surface area (Å²) in [5, 5.41) is 0.134. The molecule has 0 aliphatic carbocycles. The lowest BCUT2D eigenvalue weighted by Crippen LogP contribution is -2.30. The van der Waals surface area contributed by atoms with E-state index in [0.717, 1.165) is 18.4 Å². The van der Waals surface area contributed by atoms with Gasteiger partial charge in [-0.15, -0.1) is 0 Å². The third-order valence-electron chi connectivity index (χ3n) is 2.64. The quantitative estimate of drug-likeness (QED) is 0.804. The Hall–Kier alpha value is -0.640. The molecular weight excluding hydrogens is 217 g/mol. The summed E-state index contributed by atoms with van der Waals surface area (Å²) < 4.78 is 18.5. The fourth-order valence-electron chi connectivity index (χ4n) is 1.77. The fourth-order valence-corrected chi connectivity index (χ4v) is 1.96. The second-order valence-corrected chi connectivity index (χ2v) is 4.22. The van der Waals surface area contributed by atoms with E-state index in [1.54, 1.807) is 12.1 Å². The lowest BCUT2D eigenvalue weighted by atomic mass is 9.98. The summed E-state index contributed by atoms with van der Waals surface area (Å²) >= 11 is 5.71. The van der Waals surface area contributed by atoms with Crippen LogP contribution in [-0.4, -0.2) is 12.6 Å². The van der Waals surface area contributed by atoms with Crippen LogP contribution in [0.25, 0.3) is 0 Å². The Balaban J connectivity index is 2.18. The Kier molecular flexibility index (Phi) is 3.24. The molecule has 2 atom stereocenters. The van der Waals surface area contributed by atoms with Crippen molar-refractivity contribution in [3.63, 3.8) is 0 Å². The van der Waals surface area contributed by atoms with Gasteiger partial charge in [-0.25, -0.2) is 4.39 Å². The molecule has 2 rings (SSSR count). The van der Waals surface area contributed by atoms with Gasteiger partial charge in [0.25, 0.3) is 0 Å². The predicted octanol–water partition coefficient (Wildman–Crippen LogP) is 2.66. The fraction of sp³-hybridized carbons (Fsp3) is 0.455. The minimum atomic E-state index is -0.402. The highest BCUT2D eigenvalue weighted by molar-refractivity contribution is 6.30. The molecule has 2 unspecified atom stereocenters. The number of benzene rings is 1. The summed E-state index contributed by atoms with van der Waals surface area (Å²) in [5.41, 5.74) is 6.74.